The van der Waals surface area contributed by atoms with E-state index in [1.165, 1.54) is 31.2 Å². The fourth-order valence-electron chi connectivity index (χ4n) is 3.48. The van der Waals surface area contributed by atoms with Crippen molar-refractivity contribution in [3.63, 3.8) is 0 Å². The van der Waals surface area contributed by atoms with Crippen molar-refractivity contribution in [2.75, 3.05) is 7.05 Å². The smallest absolute Gasteiger partial charge is 0.130 e. The lowest BCUT2D eigenvalue weighted by atomic mass is 9.77. The third-order valence-corrected chi connectivity index (χ3v) is 5.08. The second-order valence-electron chi connectivity index (χ2n) is 6.11. The van der Waals surface area contributed by atoms with Crippen LogP contribution in [0.15, 0.2) is 0 Å². The van der Waals surface area contributed by atoms with E-state index in [2.05, 4.69) is 31.3 Å². The van der Waals surface area contributed by atoms with Gasteiger partial charge in [0.1, 0.15) is 5.15 Å². The number of rotatable bonds is 4. The largest absolute Gasteiger partial charge is 0.316 e. The van der Waals surface area contributed by atoms with E-state index in [1.54, 1.807) is 4.68 Å². The number of aryl methyl sites for hydroxylation is 2. The van der Waals surface area contributed by atoms with Crippen LogP contribution in [0.5, 0.6) is 0 Å². The first-order valence-electron chi connectivity index (χ1n) is 7.38. The molecule has 0 radical (unpaired) electrons. The number of likely N-dealkylation sites (N-methyl/N-ethyl adjacent to an activating group) is 1. The third-order valence-electron chi connectivity index (χ3n) is 4.61. The van der Waals surface area contributed by atoms with Gasteiger partial charge < -0.3 is 5.32 Å². The summed E-state index contributed by atoms with van der Waals surface area (Å²) >= 11 is 6.36. The zero-order valence-corrected chi connectivity index (χ0v) is 13.3. The Hall–Kier alpha value is -0.540. The van der Waals surface area contributed by atoms with Gasteiger partial charge in [-0.1, -0.05) is 31.4 Å². The number of halogens is 1. The number of hydrogen-bond donors (Lipinski definition) is 1. The molecule has 0 saturated heterocycles. The van der Waals surface area contributed by atoms with Crippen LogP contribution in [0.3, 0.4) is 0 Å². The molecule has 1 aromatic rings. The molecule has 1 fully saturated rings. The van der Waals surface area contributed by atoms with Gasteiger partial charge in [0.2, 0.25) is 0 Å². The average molecular weight is 284 g/mol. The van der Waals surface area contributed by atoms with Gasteiger partial charge in [-0.3, -0.25) is 4.68 Å². The Morgan fingerprint density at radius 1 is 1.47 bits per heavy atom. The molecule has 1 heterocycles. The van der Waals surface area contributed by atoms with Crippen LogP contribution < -0.4 is 5.32 Å². The standard InChI is InChI=1S/C15H26ClN3/c1-10-6-5-7-12(8-10)14(17-3)9-13-11(2)18-19(4)15(13)16/h10,12,14,17H,5-9H2,1-4H3. The molecule has 1 aliphatic carbocycles. The lowest BCUT2D eigenvalue weighted by molar-refractivity contribution is 0.227. The first-order chi connectivity index (χ1) is 9.02. The van der Waals surface area contributed by atoms with Crippen molar-refractivity contribution in [1.82, 2.24) is 15.1 Å². The molecule has 3 nitrogen and oxygen atoms in total. The highest BCUT2D eigenvalue weighted by Gasteiger charge is 2.27. The van der Waals surface area contributed by atoms with Crippen molar-refractivity contribution >= 4 is 11.6 Å². The summed E-state index contributed by atoms with van der Waals surface area (Å²) < 4.78 is 1.78. The van der Waals surface area contributed by atoms with Crippen LogP contribution >= 0.6 is 11.6 Å². The van der Waals surface area contributed by atoms with Crippen LogP contribution in [0.2, 0.25) is 5.15 Å². The van der Waals surface area contributed by atoms with Gasteiger partial charge in [-0.15, -0.1) is 0 Å². The molecule has 2 rings (SSSR count). The first kappa shape index (κ1) is 14.9. The highest BCUT2D eigenvalue weighted by atomic mass is 35.5. The van der Waals surface area contributed by atoms with Crippen LogP contribution in [0.25, 0.3) is 0 Å². The van der Waals surface area contributed by atoms with E-state index < -0.39 is 0 Å². The fraction of sp³-hybridized carbons (Fsp3) is 0.800. The van der Waals surface area contributed by atoms with E-state index in [1.807, 2.05) is 7.05 Å². The summed E-state index contributed by atoms with van der Waals surface area (Å²) in [5.41, 5.74) is 2.28. The van der Waals surface area contributed by atoms with Gasteiger partial charge in [0.25, 0.3) is 0 Å². The predicted octanol–water partition coefficient (Wildman–Crippen LogP) is 3.34. The minimum absolute atomic E-state index is 0.517. The molecule has 3 unspecified atom stereocenters. The molecular weight excluding hydrogens is 258 g/mol. The van der Waals surface area contributed by atoms with Crippen LogP contribution in [-0.4, -0.2) is 22.9 Å². The van der Waals surface area contributed by atoms with Gasteiger partial charge in [-0.2, -0.15) is 5.10 Å². The topological polar surface area (TPSA) is 29.9 Å². The predicted molar refractivity (Wildman–Crippen MR) is 80.6 cm³/mol. The summed E-state index contributed by atoms with van der Waals surface area (Å²) in [7, 11) is 3.99. The lowest BCUT2D eigenvalue weighted by Crippen LogP contribution is -2.38. The van der Waals surface area contributed by atoms with E-state index in [4.69, 9.17) is 11.6 Å². The summed E-state index contributed by atoms with van der Waals surface area (Å²) in [6, 6.07) is 0.517. The van der Waals surface area contributed by atoms with E-state index in [0.29, 0.717) is 6.04 Å². The molecule has 1 N–H and O–H groups in total. The molecule has 108 valence electrons. The highest BCUT2D eigenvalue weighted by molar-refractivity contribution is 6.30. The van der Waals surface area contributed by atoms with E-state index in [9.17, 15) is 0 Å². The Bertz CT molecular complexity index is 427. The highest BCUT2D eigenvalue weighted by Crippen LogP contribution is 2.33. The van der Waals surface area contributed by atoms with Crippen LogP contribution in [-0.2, 0) is 13.5 Å². The fourth-order valence-corrected chi connectivity index (χ4v) is 3.73. The zero-order valence-electron chi connectivity index (χ0n) is 12.5. The minimum atomic E-state index is 0.517. The normalized spacial score (nSPS) is 25.5. The summed E-state index contributed by atoms with van der Waals surface area (Å²) in [5.74, 6) is 1.63. The summed E-state index contributed by atoms with van der Waals surface area (Å²) in [5, 5.41) is 8.72. The molecule has 19 heavy (non-hydrogen) atoms. The summed E-state index contributed by atoms with van der Waals surface area (Å²) in [6.07, 6.45) is 6.42. The molecule has 4 heteroatoms. The number of nitrogens with one attached hydrogen (secondary N) is 1. The van der Waals surface area contributed by atoms with Crippen LogP contribution in [0.4, 0.5) is 0 Å². The average Bonchev–Trinajstić information content (AvgIpc) is 2.61. The maximum Gasteiger partial charge on any atom is 0.130 e. The van der Waals surface area contributed by atoms with Gasteiger partial charge in [0.15, 0.2) is 0 Å². The number of aromatic nitrogens is 2. The van der Waals surface area contributed by atoms with Gasteiger partial charge in [0.05, 0.1) is 5.69 Å². The van der Waals surface area contributed by atoms with Gasteiger partial charge in [-0.25, -0.2) is 0 Å². The van der Waals surface area contributed by atoms with Crippen molar-refractivity contribution in [2.45, 2.75) is 52.0 Å². The Morgan fingerprint density at radius 3 is 2.74 bits per heavy atom. The molecule has 1 saturated carbocycles. The first-order valence-corrected chi connectivity index (χ1v) is 7.76. The molecule has 0 aliphatic heterocycles. The van der Waals surface area contributed by atoms with Crippen molar-refractivity contribution in [2.24, 2.45) is 18.9 Å². The molecule has 3 atom stereocenters. The van der Waals surface area contributed by atoms with E-state index in [-0.39, 0.29) is 0 Å². The second kappa shape index (κ2) is 6.27. The maximum atomic E-state index is 6.36. The lowest BCUT2D eigenvalue weighted by Gasteiger charge is -2.33. The molecule has 1 aliphatic rings. The van der Waals surface area contributed by atoms with Gasteiger partial charge >= 0.3 is 0 Å². The van der Waals surface area contributed by atoms with Gasteiger partial charge in [-0.05, 0) is 45.1 Å². The Labute approximate surface area is 121 Å². The molecule has 1 aromatic heterocycles. The Morgan fingerprint density at radius 2 is 2.21 bits per heavy atom. The number of hydrogen-bond acceptors (Lipinski definition) is 2. The quantitative estimate of drug-likeness (QED) is 0.918. The van der Waals surface area contributed by atoms with Crippen LogP contribution in [0, 0.1) is 18.8 Å². The van der Waals surface area contributed by atoms with Crippen LogP contribution in [0.1, 0.15) is 43.9 Å². The molecule has 0 aromatic carbocycles. The molecule has 0 amide bonds. The molecule has 0 spiro atoms. The second-order valence-corrected chi connectivity index (χ2v) is 6.47. The van der Waals surface area contributed by atoms with Crippen molar-refractivity contribution in [3.8, 4) is 0 Å². The van der Waals surface area contributed by atoms with E-state index >= 15 is 0 Å². The van der Waals surface area contributed by atoms with Crippen molar-refractivity contribution < 1.29 is 0 Å². The Kier molecular flexibility index (Phi) is 4.91. The van der Waals surface area contributed by atoms with Crippen molar-refractivity contribution in [3.05, 3.63) is 16.4 Å². The third kappa shape index (κ3) is 3.32. The van der Waals surface area contributed by atoms with Gasteiger partial charge in [0, 0.05) is 18.7 Å². The Balaban J connectivity index is 2.10. The summed E-state index contributed by atoms with van der Waals surface area (Å²) in [6.45, 7) is 4.43. The minimum Gasteiger partial charge on any atom is -0.316 e. The monoisotopic (exact) mass is 283 g/mol. The maximum absolute atomic E-state index is 6.36. The zero-order chi connectivity index (χ0) is 14.0. The number of nitrogens with zero attached hydrogens (tertiary/aromatic N) is 2. The molecule has 0 bridgehead atoms. The molecular formula is C15H26ClN3. The SMILES string of the molecule is CNC(Cc1c(C)nn(C)c1Cl)C1CCCC(C)C1. The van der Waals surface area contributed by atoms with Crippen molar-refractivity contribution in [1.29, 1.82) is 0 Å². The van der Waals surface area contributed by atoms with E-state index in [0.717, 1.165) is 29.1 Å². The summed E-state index contributed by atoms with van der Waals surface area (Å²) in [4.78, 5) is 0.